The summed E-state index contributed by atoms with van der Waals surface area (Å²) in [6.45, 7) is 2.23. The van der Waals surface area contributed by atoms with E-state index < -0.39 is 0 Å². The van der Waals surface area contributed by atoms with E-state index in [0.29, 0.717) is 16.6 Å². The summed E-state index contributed by atoms with van der Waals surface area (Å²) in [5.41, 5.74) is 1.82. The SMILES string of the molecule is COC(CNC(=O)NC(C)c1ccc(Cl)cc1Cl)c1ccccc1. The van der Waals surface area contributed by atoms with E-state index in [-0.39, 0.29) is 18.2 Å². The molecule has 0 saturated heterocycles. The monoisotopic (exact) mass is 366 g/mol. The Bertz CT molecular complexity index is 680. The molecule has 0 aliphatic carbocycles. The van der Waals surface area contributed by atoms with E-state index in [1.807, 2.05) is 37.3 Å². The third-order valence-corrected chi connectivity index (χ3v) is 4.24. The van der Waals surface area contributed by atoms with Crippen molar-refractivity contribution in [3.05, 3.63) is 69.7 Å². The second-order valence-corrected chi connectivity index (χ2v) is 6.22. The van der Waals surface area contributed by atoms with Gasteiger partial charge in [0.2, 0.25) is 0 Å². The van der Waals surface area contributed by atoms with Gasteiger partial charge in [-0.05, 0) is 30.2 Å². The maximum Gasteiger partial charge on any atom is 0.315 e. The van der Waals surface area contributed by atoms with Crippen molar-refractivity contribution in [2.24, 2.45) is 0 Å². The average molecular weight is 367 g/mol. The van der Waals surface area contributed by atoms with Gasteiger partial charge in [-0.3, -0.25) is 0 Å². The summed E-state index contributed by atoms with van der Waals surface area (Å²) < 4.78 is 5.43. The van der Waals surface area contributed by atoms with Crippen LogP contribution in [-0.4, -0.2) is 19.7 Å². The molecule has 0 saturated carbocycles. The number of nitrogens with one attached hydrogen (secondary N) is 2. The van der Waals surface area contributed by atoms with E-state index in [0.717, 1.165) is 11.1 Å². The van der Waals surface area contributed by atoms with Gasteiger partial charge in [-0.15, -0.1) is 0 Å². The molecule has 2 atom stereocenters. The van der Waals surface area contributed by atoms with Crippen molar-refractivity contribution in [1.82, 2.24) is 10.6 Å². The van der Waals surface area contributed by atoms with Crippen LogP contribution in [0.4, 0.5) is 4.79 Å². The third-order valence-electron chi connectivity index (χ3n) is 3.68. The highest BCUT2D eigenvalue weighted by molar-refractivity contribution is 6.35. The number of benzene rings is 2. The lowest BCUT2D eigenvalue weighted by Crippen LogP contribution is -2.39. The minimum absolute atomic E-state index is 0.202. The van der Waals surface area contributed by atoms with Gasteiger partial charge in [-0.1, -0.05) is 59.6 Å². The van der Waals surface area contributed by atoms with Crippen LogP contribution in [0.2, 0.25) is 10.0 Å². The van der Waals surface area contributed by atoms with Crippen LogP contribution in [0.15, 0.2) is 48.5 Å². The molecular weight excluding hydrogens is 347 g/mol. The quantitative estimate of drug-likeness (QED) is 0.775. The number of carbonyl (C=O) groups is 1. The Morgan fingerprint density at radius 1 is 1.17 bits per heavy atom. The van der Waals surface area contributed by atoms with Crippen molar-refractivity contribution in [3.63, 3.8) is 0 Å². The van der Waals surface area contributed by atoms with Crippen molar-refractivity contribution in [3.8, 4) is 0 Å². The summed E-state index contributed by atoms with van der Waals surface area (Å²) in [6, 6.07) is 14.4. The minimum atomic E-state index is -0.286. The molecule has 0 aliphatic heterocycles. The van der Waals surface area contributed by atoms with Crippen LogP contribution in [0.5, 0.6) is 0 Å². The zero-order valence-corrected chi connectivity index (χ0v) is 15.1. The second kappa shape index (κ2) is 8.92. The van der Waals surface area contributed by atoms with E-state index in [1.54, 1.807) is 25.3 Å². The Kier molecular flexibility index (Phi) is 6.91. The predicted octanol–water partition coefficient (Wildman–Crippen LogP) is 4.74. The molecule has 2 unspecified atom stereocenters. The lowest BCUT2D eigenvalue weighted by Gasteiger charge is -2.19. The molecule has 0 aliphatic rings. The number of ether oxygens (including phenoxy) is 1. The summed E-state index contributed by atoms with van der Waals surface area (Å²) in [5.74, 6) is 0. The fourth-order valence-electron chi connectivity index (χ4n) is 2.37. The van der Waals surface area contributed by atoms with Gasteiger partial charge < -0.3 is 15.4 Å². The molecule has 0 bridgehead atoms. The van der Waals surface area contributed by atoms with Crippen molar-refractivity contribution < 1.29 is 9.53 Å². The van der Waals surface area contributed by atoms with Gasteiger partial charge in [0.25, 0.3) is 0 Å². The van der Waals surface area contributed by atoms with Gasteiger partial charge in [-0.25, -0.2) is 4.79 Å². The lowest BCUT2D eigenvalue weighted by molar-refractivity contribution is 0.104. The first-order chi connectivity index (χ1) is 11.5. The largest absolute Gasteiger partial charge is 0.375 e. The van der Waals surface area contributed by atoms with Crippen LogP contribution in [0, 0.1) is 0 Å². The van der Waals surface area contributed by atoms with Crippen LogP contribution in [-0.2, 0) is 4.74 Å². The molecule has 0 radical (unpaired) electrons. The number of halogens is 2. The fraction of sp³-hybridized carbons (Fsp3) is 0.278. The van der Waals surface area contributed by atoms with Gasteiger partial charge in [0.1, 0.15) is 0 Å². The number of amides is 2. The summed E-state index contributed by atoms with van der Waals surface area (Å²) in [5, 5.41) is 6.76. The maximum absolute atomic E-state index is 12.1. The number of rotatable bonds is 6. The summed E-state index contributed by atoms with van der Waals surface area (Å²) in [6.07, 6.45) is -0.202. The molecule has 24 heavy (non-hydrogen) atoms. The Morgan fingerprint density at radius 2 is 1.88 bits per heavy atom. The van der Waals surface area contributed by atoms with Crippen molar-refractivity contribution >= 4 is 29.2 Å². The highest BCUT2D eigenvalue weighted by Crippen LogP contribution is 2.26. The summed E-state index contributed by atoms with van der Waals surface area (Å²) in [4.78, 5) is 12.1. The van der Waals surface area contributed by atoms with E-state index in [9.17, 15) is 4.79 Å². The van der Waals surface area contributed by atoms with Crippen molar-refractivity contribution in [2.75, 3.05) is 13.7 Å². The molecule has 2 rings (SSSR count). The highest BCUT2D eigenvalue weighted by Gasteiger charge is 2.15. The minimum Gasteiger partial charge on any atom is -0.375 e. The molecule has 2 aromatic carbocycles. The second-order valence-electron chi connectivity index (χ2n) is 5.38. The van der Waals surface area contributed by atoms with Gasteiger partial charge >= 0.3 is 6.03 Å². The summed E-state index contributed by atoms with van der Waals surface area (Å²) >= 11 is 12.0. The number of hydrogen-bond acceptors (Lipinski definition) is 2. The summed E-state index contributed by atoms with van der Waals surface area (Å²) in [7, 11) is 1.62. The first kappa shape index (κ1) is 18.6. The Labute approximate surface area is 152 Å². The highest BCUT2D eigenvalue weighted by atomic mass is 35.5. The number of urea groups is 1. The van der Waals surface area contributed by atoms with E-state index in [1.165, 1.54) is 0 Å². The molecule has 4 nitrogen and oxygen atoms in total. The fourth-order valence-corrected chi connectivity index (χ4v) is 2.94. The standard InChI is InChI=1S/C18H20Cl2N2O2/c1-12(15-9-8-14(19)10-16(15)20)22-18(23)21-11-17(24-2)13-6-4-3-5-7-13/h3-10,12,17H,11H2,1-2H3,(H2,21,22,23). The van der Waals surface area contributed by atoms with Crippen LogP contribution in [0.25, 0.3) is 0 Å². The molecule has 0 spiro atoms. The predicted molar refractivity (Wildman–Crippen MR) is 97.6 cm³/mol. The molecule has 2 N–H and O–H groups in total. The van der Waals surface area contributed by atoms with E-state index in [2.05, 4.69) is 10.6 Å². The third kappa shape index (κ3) is 5.13. The Balaban J connectivity index is 1.90. The smallest absolute Gasteiger partial charge is 0.315 e. The van der Waals surface area contributed by atoms with Gasteiger partial charge in [0, 0.05) is 23.7 Å². The van der Waals surface area contributed by atoms with Gasteiger partial charge in [0.15, 0.2) is 0 Å². The van der Waals surface area contributed by atoms with Crippen molar-refractivity contribution in [2.45, 2.75) is 19.1 Å². The first-order valence-electron chi connectivity index (χ1n) is 7.58. The molecule has 0 fully saturated rings. The van der Waals surface area contributed by atoms with E-state index in [4.69, 9.17) is 27.9 Å². The normalized spacial score (nSPS) is 13.2. The van der Waals surface area contributed by atoms with Crippen molar-refractivity contribution in [1.29, 1.82) is 0 Å². The number of carbonyl (C=O) groups excluding carboxylic acids is 1. The maximum atomic E-state index is 12.1. The molecule has 2 aromatic rings. The van der Waals surface area contributed by atoms with Gasteiger partial charge in [0.05, 0.1) is 12.1 Å². The molecular formula is C18H20Cl2N2O2. The lowest BCUT2D eigenvalue weighted by atomic mass is 10.1. The number of methoxy groups -OCH3 is 1. The molecule has 128 valence electrons. The molecule has 6 heteroatoms. The van der Waals surface area contributed by atoms with Crippen LogP contribution in [0.1, 0.15) is 30.2 Å². The zero-order valence-electron chi connectivity index (χ0n) is 13.6. The molecule has 2 amide bonds. The Hall–Kier alpha value is -1.75. The zero-order chi connectivity index (χ0) is 17.5. The number of hydrogen-bond donors (Lipinski definition) is 2. The van der Waals surface area contributed by atoms with Crippen LogP contribution in [0.3, 0.4) is 0 Å². The van der Waals surface area contributed by atoms with Crippen LogP contribution < -0.4 is 10.6 Å². The van der Waals surface area contributed by atoms with Crippen LogP contribution >= 0.6 is 23.2 Å². The topological polar surface area (TPSA) is 50.4 Å². The average Bonchev–Trinajstić information content (AvgIpc) is 2.56. The van der Waals surface area contributed by atoms with Gasteiger partial charge in [-0.2, -0.15) is 0 Å². The molecule has 0 aromatic heterocycles. The molecule has 0 heterocycles. The Morgan fingerprint density at radius 3 is 2.50 bits per heavy atom. The van der Waals surface area contributed by atoms with E-state index >= 15 is 0 Å². The first-order valence-corrected chi connectivity index (χ1v) is 8.34.